The van der Waals surface area contributed by atoms with Gasteiger partial charge in [-0.15, -0.1) is 0 Å². The third kappa shape index (κ3) is 6.14. The summed E-state index contributed by atoms with van der Waals surface area (Å²) in [5.41, 5.74) is 2.87. The maximum Gasteiger partial charge on any atom is 0.243 e. The van der Waals surface area contributed by atoms with Gasteiger partial charge in [0.05, 0.1) is 48.9 Å². The molecule has 0 unspecified atom stereocenters. The highest BCUT2D eigenvalue weighted by Crippen LogP contribution is 2.31. The molecule has 3 aromatic carbocycles. The number of amides is 1. The Kier molecular flexibility index (Phi) is 8.21. The molecule has 3 aromatic rings. The number of rotatable bonds is 6. The van der Waals surface area contributed by atoms with E-state index in [-0.39, 0.29) is 43.1 Å². The molecule has 2 aliphatic rings. The largest absolute Gasteiger partial charge is 0.389 e. The number of ether oxygens (including phenoxy) is 2. The van der Waals surface area contributed by atoms with Crippen LogP contribution in [0, 0.1) is 0 Å². The molecule has 2 saturated heterocycles. The molecule has 1 amide bonds. The molecule has 4 atom stereocenters. The molecule has 0 bridgehead atoms. The van der Waals surface area contributed by atoms with Crippen LogP contribution in [0.5, 0.6) is 0 Å². The van der Waals surface area contributed by atoms with E-state index < -0.39 is 28.3 Å². The highest BCUT2D eigenvalue weighted by Gasteiger charge is 2.43. The monoisotopic (exact) mass is 536 g/mol. The summed E-state index contributed by atoms with van der Waals surface area (Å²) in [6.45, 7) is 0.0744. The van der Waals surface area contributed by atoms with Gasteiger partial charge in [0.1, 0.15) is 0 Å². The van der Waals surface area contributed by atoms with Gasteiger partial charge in [-0.3, -0.25) is 4.79 Å². The molecule has 0 spiro atoms. The van der Waals surface area contributed by atoms with E-state index in [0.717, 1.165) is 11.1 Å². The molecule has 0 aliphatic carbocycles. The van der Waals surface area contributed by atoms with Crippen molar-refractivity contribution in [1.29, 1.82) is 0 Å². The van der Waals surface area contributed by atoms with Crippen molar-refractivity contribution in [3.8, 4) is 11.1 Å². The lowest BCUT2D eigenvalue weighted by Crippen LogP contribution is -2.57. The van der Waals surface area contributed by atoms with E-state index in [9.17, 15) is 18.3 Å². The van der Waals surface area contributed by atoms with Crippen molar-refractivity contribution in [2.75, 3.05) is 25.1 Å². The van der Waals surface area contributed by atoms with Crippen LogP contribution in [-0.4, -0.2) is 67.8 Å². The minimum Gasteiger partial charge on any atom is -0.389 e. The number of fused-ring (bicyclic) bond motifs is 1. The number of carbonyl (C=O) groups is 1. The van der Waals surface area contributed by atoms with E-state index in [0.29, 0.717) is 18.5 Å². The second kappa shape index (κ2) is 11.8. The van der Waals surface area contributed by atoms with E-state index in [4.69, 9.17) is 9.47 Å². The minimum atomic E-state index is -3.85. The molecular formula is C29H32N2O6S. The Hall–Kier alpha value is -3.08. The Morgan fingerprint density at radius 1 is 0.895 bits per heavy atom. The number of nitrogens with zero attached hydrogens (tertiary/aromatic N) is 1. The van der Waals surface area contributed by atoms with Gasteiger partial charge in [-0.1, -0.05) is 60.7 Å². The topological polar surface area (TPSA) is 105 Å². The molecule has 0 saturated carbocycles. The van der Waals surface area contributed by atoms with E-state index >= 15 is 0 Å². The molecule has 38 heavy (non-hydrogen) atoms. The van der Waals surface area contributed by atoms with Gasteiger partial charge in [-0.25, -0.2) is 8.42 Å². The van der Waals surface area contributed by atoms with Gasteiger partial charge in [-0.2, -0.15) is 4.31 Å². The summed E-state index contributed by atoms with van der Waals surface area (Å²) >= 11 is 0. The van der Waals surface area contributed by atoms with Crippen LogP contribution in [0.1, 0.15) is 19.3 Å². The quantitative estimate of drug-likeness (QED) is 0.498. The number of hydrogen-bond acceptors (Lipinski definition) is 6. The van der Waals surface area contributed by atoms with Crippen molar-refractivity contribution in [2.24, 2.45) is 0 Å². The molecule has 2 N–H and O–H groups in total. The molecule has 200 valence electrons. The molecule has 2 fully saturated rings. The van der Waals surface area contributed by atoms with Gasteiger partial charge < -0.3 is 19.9 Å². The minimum absolute atomic E-state index is 0.0114. The van der Waals surface area contributed by atoms with Crippen LogP contribution < -0.4 is 5.32 Å². The SMILES string of the molecule is O=C(C[C@H]1CC[C@H]2[C@@H](COC[C@@H](O)CN2S(=O)(=O)c2ccccc2)O1)Nc1ccc(-c2ccccc2)cc1. The molecule has 9 heteroatoms. The zero-order valence-corrected chi connectivity index (χ0v) is 21.8. The first-order valence-electron chi connectivity index (χ1n) is 12.8. The molecule has 2 aliphatic heterocycles. The standard InChI is InChI=1S/C29H32N2O6S/c32-24-18-31(38(34,35)26-9-5-2-6-10-26)27-16-15-25(37-28(27)20-36-19-24)17-29(33)30-23-13-11-22(12-14-23)21-7-3-1-4-8-21/h1-14,24-25,27-28,32H,15-20H2,(H,30,33)/t24-,25+,27-,28+/m0/s1. The lowest BCUT2D eigenvalue weighted by Gasteiger charge is -2.43. The Balaban J connectivity index is 1.23. The van der Waals surface area contributed by atoms with Gasteiger partial charge in [0, 0.05) is 12.2 Å². The summed E-state index contributed by atoms with van der Waals surface area (Å²) in [7, 11) is -3.85. The Morgan fingerprint density at radius 3 is 2.26 bits per heavy atom. The average Bonchev–Trinajstić information content (AvgIpc) is 2.92. The zero-order valence-electron chi connectivity index (χ0n) is 21.0. The number of aliphatic hydroxyl groups excluding tert-OH is 1. The van der Waals surface area contributed by atoms with E-state index in [1.54, 1.807) is 30.3 Å². The lowest BCUT2D eigenvalue weighted by molar-refractivity contribution is -0.144. The highest BCUT2D eigenvalue weighted by molar-refractivity contribution is 7.89. The molecule has 5 rings (SSSR count). The summed E-state index contributed by atoms with van der Waals surface area (Å²) < 4.78 is 40.2. The van der Waals surface area contributed by atoms with Gasteiger partial charge in [0.15, 0.2) is 0 Å². The van der Waals surface area contributed by atoms with Gasteiger partial charge in [-0.05, 0) is 48.2 Å². The van der Waals surface area contributed by atoms with Gasteiger partial charge in [0.25, 0.3) is 0 Å². The number of aliphatic hydroxyl groups is 1. The first-order chi connectivity index (χ1) is 18.4. The number of nitrogens with one attached hydrogen (secondary N) is 1. The fraction of sp³-hybridized carbons (Fsp3) is 0.345. The Morgan fingerprint density at radius 2 is 1.55 bits per heavy atom. The molecular weight excluding hydrogens is 504 g/mol. The second-order valence-electron chi connectivity index (χ2n) is 9.72. The third-order valence-corrected chi connectivity index (χ3v) is 8.88. The van der Waals surface area contributed by atoms with Crippen LogP contribution in [0.25, 0.3) is 11.1 Å². The molecule has 0 aromatic heterocycles. The van der Waals surface area contributed by atoms with Crippen molar-refractivity contribution in [2.45, 2.75) is 48.5 Å². The van der Waals surface area contributed by atoms with E-state index in [1.165, 1.54) is 4.31 Å². The smallest absolute Gasteiger partial charge is 0.243 e. The van der Waals surface area contributed by atoms with Crippen molar-refractivity contribution in [3.05, 3.63) is 84.9 Å². The number of hydrogen-bond donors (Lipinski definition) is 2. The summed E-state index contributed by atoms with van der Waals surface area (Å²) in [6, 6.07) is 25.4. The number of carbonyl (C=O) groups excluding carboxylic acids is 1. The van der Waals surface area contributed by atoms with E-state index in [2.05, 4.69) is 5.32 Å². The fourth-order valence-electron chi connectivity index (χ4n) is 5.09. The summed E-state index contributed by atoms with van der Waals surface area (Å²) in [5, 5.41) is 13.3. The Bertz CT molecular complexity index is 1320. The summed E-state index contributed by atoms with van der Waals surface area (Å²) in [6.07, 6.45) is -0.690. The van der Waals surface area contributed by atoms with Crippen LogP contribution in [-0.2, 0) is 24.3 Å². The van der Waals surface area contributed by atoms with Crippen molar-refractivity contribution in [1.82, 2.24) is 4.31 Å². The fourth-order valence-corrected chi connectivity index (χ4v) is 6.83. The molecule has 0 radical (unpaired) electrons. The Labute approximate surface area is 223 Å². The third-order valence-electron chi connectivity index (χ3n) is 6.97. The maximum atomic E-state index is 13.5. The zero-order chi connectivity index (χ0) is 26.5. The number of β-amino-alcohol motifs (C(OH)–C–C–N with tert-alkyl or cyclic N) is 1. The first-order valence-corrected chi connectivity index (χ1v) is 14.3. The lowest BCUT2D eigenvalue weighted by atomic mass is 9.96. The van der Waals surface area contributed by atoms with E-state index in [1.807, 2.05) is 54.6 Å². The maximum absolute atomic E-state index is 13.5. The predicted octanol–water partition coefficient (Wildman–Crippen LogP) is 3.68. The average molecular weight is 537 g/mol. The van der Waals surface area contributed by atoms with Crippen LogP contribution in [0.3, 0.4) is 0 Å². The van der Waals surface area contributed by atoms with Gasteiger partial charge >= 0.3 is 0 Å². The number of sulfonamides is 1. The van der Waals surface area contributed by atoms with Crippen molar-refractivity contribution >= 4 is 21.6 Å². The normalized spacial score (nSPS) is 24.6. The predicted molar refractivity (Wildman–Crippen MR) is 144 cm³/mol. The van der Waals surface area contributed by atoms with Crippen molar-refractivity contribution < 1.29 is 27.8 Å². The van der Waals surface area contributed by atoms with Crippen LogP contribution in [0.15, 0.2) is 89.8 Å². The summed E-state index contributed by atoms with van der Waals surface area (Å²) in [5.74, 6) is -0.170. The van der Waals surface area contributed by atoms with Crippen LogP contribution in [0.4, 0.5) is 5.69 Å². The van der Waals surface area contributed by atoms with Crippen LogP contribution >= 0.6 is 0 Å². The van der Waals surface area contributed by atoms with Gasteiger partial charge in [0.2, 0.25) is 15.9 Å². The first kappa shape index (κ1) is 26.5. The number of benzene rings is 3. The number of anilines is 1. The van der Waals surface area contributed by atoms with Crippen molar-refractivity contribution in [3.63, 3.8) is 0 Å². The summed E-state index contributed by atoms with van der Waals surface area (Å²) in [4.78, 5) is 13.0. The molecule has 8 nitrogen and oxygen atoms in total. The highest BCUT2D eigenvalue weighted by atomic mass is 32.2. The second-order valence-corrected chi connectivity index (χ2v) is 11.6. The van der Waals surface area contributed by atoms with Crippen LogP contribution in [0.2, 0.25) is 0 Å². The molecule has 2 heterocycles.